The van der Waals surface area contributed by atoms with Gasteiger partial charge < -0.3 is 15.0 Å². The first kappa shape index (κ1) is 22.4. The molecule has 11 heteroatoms. The van der Waals surface area contributed by atoms with Crippen LogP contribution in [0.25, 0.3) is 5.69 Å². The second-order valence-electron chi connectivity index (χ2n) is 4.77. The quantitative estimate of drug-likeness (QED) is 0.256. The van der Waals surface area contributed by atoms with Gasteiger partial charge in [0.1, 0.15) is 14.8 Å². The van der Waals surface area contributed by atoms with Crippen molar-refractivity contribution in [2.45, 2.75) is 18.1 Å². The molecule has 2 heterocycles. The fraction of sp³-hybridized carbons (Fsp3) is 0.333. The van der Waals surface area contributed by atoms with Crippen molar-refractivity contribution >= 4 is 45.2 Å². The first-order chi connectivity index (χ1) is 12.1. The Balaban J connectivity index is 0.000000487. The number of hydrogen-bond acceptors (Lipinski definition) is 9. The molecule has 144 valence electrons. The summed E-state index contributed by atoms with van der Waals surface area (Å²) < 4.78 is 39.0. The SMILES string of the molecule is CCOC(=O)c1sc(SC)c(-[n+]2cccc(C)c2)c1N.COS(=O)(=O)[O-]. The van der Waals surface area contributed by atoms with Gasteiger partial charge in [-0.1, -0.05) is 0 Å². The minimum absolute atomic E-state index is 0.345. The molecule has 0 aliphatic carbocycles. The monoisotopic (exact) mass is 420 g/mol. The van der Waals surface area contributed by atoms with Crippen LogP contribution in [-0.2, 0) is 19.3 Å². The van der Waals surface area contributed by atoms with Gasteiger partial charge in [0.15, 0.2) is 12.4 Å². The van der Waals surface area contributed by atoms with Crippen molar-refractivity contribution in [3.8, 4) is 5.69 Å². The molecule has 0 atom stereocenters. The lowest BCUT2D eigenvalue weighted by molar-refractivity contribution is -0.597. The maximum atomic E-state index is 11.9. The fourth-order valence-electron chi connectivity index (χ4n) is 1.88. The Hall–Kier alpha value is -1.66. The molecule has 2 aromatic rings. The molecule has 0 saturated heterocycles. The van der Waals surface area contributed by atoms with E-state index in [1.807, 2.05) is 42.3 Å². The molecule has 8 nitrogen and oxygen atoms in total. The summed E-state index contributed by atoms with van der Waals surface area (Å²) in [6.45, 7) is 4.15. The van der Waals surface area contributed by atoms with E-state index in [4.69, 9.17) is 10.5 Å². The van der Waals surface area contributed by atoms with Crippen molar-refractivity contribution in [2.75, 3.05) is 25.7 Å². The van der Waals surface area contributed by atoms with Gasteiger partial charge in [-0.25, -0.2) is 13.2 Å². The van der Waals surface area contributed by atoms with E-state index in [1.165, 1.54) is 11.3 Å². The number of anilines is 1. The number of nitrogen functional groups attached to an aromatic ring is 1. The predicted octanol–water partition coefficient (Wildman–Crippen LogP) is 1.91. The smallest absolute Gasteiger partial charge is 0.350 e. The standard InChI is InChI=1S/C14H16N2O2S2.CH4O4S/c1-4-18-13(17)12-10(15)11(14(19-3)20-12)16-7-5-6-9(2)8-16;1-5-6(2,3)4/h5-8H,4H2,1-3H3,(H-,15,17);1H3,(H,2,3,4). The minimum atomic E-state index is -4.41. The summed E-state index contributed by atoms with van der Waals surface area (Å²) in [4.78, 5) is 12.4. The number of pyridine rings is 1. The van der Waals surface area contributed by atoms with Gasteiger partial charge in [0.25, 0.3) is 5.69 Å². The van der Waals surface area contributed by atoms with Crippen LogP contribution in [0.5, 0.6) is 0 Å². The second kappa shape index (κ2) is 9.88. The number of hydrogen-bond donors (Lipinski definition) is 1. The molecule has 2 rings (SSSR count). The second-order valence-corrected chi connectivity index (χ2v) is 8.01. The van der Waals surface area contributed by atoms with Crippen LogP contribution in [0.2, 0.25) is 0 Å². The highest BCUT2D eigenvalue weighted by Gasteiger charge is 2.28. The van der Waals surface area contributed by atoms with E-state index < -0.39 is 10.4 Å². The summed E-state index contributed by atoms with van der Waals surface area (Å²) in [5.74, 6) is -0.357. The lowest BCUT2D eigenvalue weighted by Gasteiger charge is -2.00. The van der Waals surface area contributed by atoms with Crippen molar-refractivity contribution in [2.24, 2.45) is 0 Å². The van der Waals surface area contributed by atoms with Crippen LogP contribution in [0.1, 0.15) is 22.2 Å². The zero-order valence-electron chi connectivity index (χ0n) is 14.7. The molecule has 2 N–H and O–H groups in total. The molecule has 0 aromatic carbocycles. The molecule has 0 saturated carbocycles. The highest BCUT2D eigenvalue weighted by Crippen LogP contribution is 2.37. The lowest BCUT2D eigenvalue weighted by atomic mass is 10.3. The van der Waals surface area contributed by atoms with Gasteiger partial charge in [-0.3, -0.25) is 4.18 Å². The van der Waals surface area contributed by atoms with E-state index in [2.05, 4.69) is 4.18 Å². The Labute approximate surface area is 160 Å². The molecule has 0 aliphatic heterocycles. The van der Waals surface area contributed by atoms with Crippen molar-refractivity contribution in [1.29, 1.82) is 0 Å². The molecule has 0 fully saturated rings. The van der Waals surface area contributed by atoms with Crippen LogP contribution in [0.4, 0.5) is 5.69 Å². The Kier molecular flexibility index (Phi) is 8.50. The van der Waals surface area contributed by atoms with Gasteiger partial charge in [-0.2, -0.15) is 4.57 Å². The Morgan fingerprint density at radius 3 is 2.54 bits per heavy atom. The molecular weight excluding hydrogens is 400 g/mol. The zero-order chi connectivity index (χ0) is 19.9. The highest BCUT2D eigenvalue weighted by molar-refractivity contribution is 8.00. The zero-order valence-corrected chi connectivity index (χ0v) is 17.2. The van der Waals surface area contributed by atoms with E-state index in [9.17, 15) is 17.8 Å². The number of aromatic nitrogens is 1. The molecule has 0 amide bonds. The first-order valence-corrected chi connectivity index (χ1v) is 10.6. The topological polar surface area (TPSA) is 123 Å². The van der Waals surface area contributed by atoms with Crippen LogP contribution in [-0.4, -0.2) is 38.9 Å². The van der Waals surface area contributed by atoms with Crippen LogP contribution < -0.4 is 10.3 Å². The average molecular weight is 421 g/mol. The van der Waals surface area contributed by atoms with E-state index in [-0.39, 0.29) is 5.97 Å². The van der Waals surface area contributed by atoms with Gasteiger partial charge in [0.2, 0.25) is 10.4 Å². The van der Waals surface area contributed by atoms with Crippen LogP contribution in [0.15, 0.2) is 28.7 Å². The summed E-state index contributed by atoms with van der Waals surface area (Å²) in [6.07, 6.45) is 5.90. The summed E-state index contributed by atoms with van der Waals surface area (Å²) in [5, 5.41) is 0. The summed E-state index contributed by atoms with van der Waals surface area (Å²) in [5.41, 5.74) is 8.63. The fourth-order valence-corrected chi connectivity index (χ4v) is 3.72. The Morgan fingerprint density at radius 1 is 1.46 bits per heavy atom. The number of thioether (sulfide) groups is 1. The highest BCUT2D eigenvalue weighted by atomic mass is 32.3. The van der Waals surface area contributed by atoms with Gasteiger partial charge in [0.05, 0.1) is 13.7 Å². The number of carbonyl (C=O) groups is 1. The van der Waals surface area contributed by atoms with Crippen molar-refractivity contribution in [1.82, 2.24) is 0 Å². The van der Waals surface area contributed by atoms with Gasteiger partial charge in [0, 0.05) is 11.6 Å². The van der Waals surface area contributed by atoms with E-state index in [0.29, 0.717) is 17.2 Å². The third-order valence-electron chi connectivity index (χ3n) is 2.94. The molecule has 0 unspecified atom stereocenters. The van der Waals surface area contributed by atoms with Gasteiger partial charge in [-0.05, 0) is 26.2 Å². The third kappa shape index (κ3) is 6.25. The Bertz CT molecular complexity index is 864. The Morgan fingerprint density at radius 2 is 2.08 bits per heavy atom. The molecule has 0 spiro atoms. The number of aryl methyl sites for hydroxylation is 1. The number of esters is 1. The molecule has 0 radical (unpaired) electrons. The molecular formula is C15H20N2O6S3. The maximum Gasteiger partial charge on any atom is 0.350 e. The third-order valence-corrected chi connectivity index (χ3v) is 5.64. The summed E-state index contributed by atoms with van der Waals surface area (Å²) >= 11 is 2.95. The maximum absolute atomic E-state index is 11.9. The first-order valence-electron chi connectivity index (χ1n) is 7.27. The van der Waals surface area contributed by atoms with Gasteiger partial charge >= 0.3 is 5.97 Å². The number of nitrogens with zero attached hydrogens (tertiary/aromatic N) is 1. The van der Waals surface area contributed by atoms with Crippen molar-refractivity contribution < 1.29 is 31.3 Å². The van der Waals surface area contributed by atoms with Crippen molar-refractivity contribution in [3.05, 3.63) is 35.0 Å². The molecule has 2 aromatic heterocycles. The van der Waals surface area contributed by atoms with E-state index in [1.54, 1.807) is 18.7 Å². The molecule has 0 aliphatic rings. The average Bonchev–Trinajstić information content (AvgIpc) is 2.91. The lowest BCUT2D eigenvalue weighted by Crippen LogP contribution is -2.31. The molecule has 26 heavy (non-hydrogen) atoms. The minimum Gasteiger partial charge on any atom is -0.726 e. The normalized spacial score (nSPS) is 10.8. The van der Waals surface area contributed by atoms with Crippen molar-refractivity contribution in [3.63, 3.8) is 0 Å². The van der Waals surface area contributed by atoms with Crippen LogP contribution in [0.3, 0.4) is 0 Å². The van der Waals surface area contributed by atoms with E-state index in [0.717, 1.165) is 22.6 Å². The number of thiophene rings is 1. The van der Waals surface area contributed by atoms with Crippen LogP contribution in [0, 0.1) is 6.92 Å². The van der Waals surface area contributed by atoms with Gasteiger partial charge in [-0.15, -0.1) is 23.1 Å². The van der Waals surface area contributed by atoms with E-state index >= 15 is 0 Å². The van der Waals surface area contributed by atoms with Crippen LogP contribution >= 0.6 is 23.1 Å². The summed E-state index contributed by atoms with van der Waals surface area (Å²) in [6, 6.07) is 3.98. The summed E-state index contributed by atoms with van der Waals surface area (Å²) in [7, 11) is -3.60. The number of nitrogens with two attached hydrogens (primary N) is 1. The number of rotatable bonds is 5. The number of carbonyl (C=O) groups excluding carboxylic acids is 1. The largest absolute Gasteiger partial charge is 0.726 e. The predicted molar refractivity (Wildman–Crippen MR) is 99.4 cm³/mol. The number of ether oxygens (including phenoxy) is 1. The molecule has 0 bridgehead atoms.